The van der Waals surface area contributed by atoms with Gasteiger partial charge < -0.3 is 9.80 Å². The highest BCUT2D eigenvalue weighted by atomic mass is 35.5. The number of hydrogen-bond donors (Lipinski definition) is 1. The quantitative estimate of drug-likeness (QED) is 0.769. The summed E-state index contributed by atoms with van der Waals surface area (Å²) < 4.78 is 0. The fourth-order valence-electron chi connectivity index (χ4n) is 4.07. The fourth-order valence-corrected chi connectivity index (χ4v) is 4.27. The molecular formula is C22H23ClN3O3+. The number of quaternary nitrogens is 1. The van der Waals surface area contributed by atoms with Gasteiger partial charge in [0.25, 0.3) is 11.8 Å². The van der Waals surface area contributed by atoms with Gasteiger partial charge in [-0.3, -0.25) is 19.3 Å². The van der Waals surface area contributed by atoms with E-state index < -0.39 is 17.9 Å². The van der Waals surface area contributed by atoms with E-state index in [1.54, 1.807) is 36.1 Å². The van der Waals surface area contributed by atoms with Gasteiger partial charge in [-0.1, -0.05) is 41.9 Å². The van der Waals surface area contributed by atoms with Crippen LogP contribution in [0, 0.1) is 0 Å². The van der Waals surface area contributed by atoms with Gasteiger partial charge in [0.05, 0.1) is 37.3 Å². The Morgan fingerprint density at radius 3 is 2.14 bits per heavy atom. The maximum atomic E-state index is 13.0. The van der Waals surface area contributed by atoms with Gasteiger partial charge >= 0.3 is 0 Å². The molecule has 0 bridgehead atoms. The van der Waals surface area contributed by atoms with Gasteiger partial charge in [0.15, 0.2) is 0 Å². The van der Waals surface area contributed by atoms with Crippen molar-refractivity contribution < 1.29 is 19.3 Å². The minimum Gasteiger partial charge on any atom is -0.330 e. The molecule has 0 spiro atoms. The van der Waals surface area contributed by atoms with E-state index in [0.717, 1.165) is 35.1 Å². The third-order valence-electron chi connectivity index (χ3n) is 5.75. The van der Waals surface area contributed by atoms with Gasteiger partial charge in [-0.15, -0.1) is 0 Å². The van der Waals surface area contributed by atoms with Crippen LogP contribution in [0.1, 0.15) is 33.2 Å². The normalized spacial score (nSPS) is 18.1. The largest absolute Gasteiger partial charge is 0.330 e. The van der Waals surface area contributed by atoms with Crippen molar-refractivity contribution >= 4 is 29.3 Å². The molecule has 0 aromatic heterocycles. The molecule has 0 saturated carbocycles. The Morgan fingerprint density at radius 2 is 1.55 bits per heavy atom. The van der Waals surface area contributed by atoms with Crippen LogP contribution in [0.5, 0.6) is 0 Å². The number of imide groups is 1. The van der Waals surface area contributed by atoms with Crippen LogP contribution in [0.4, 0.5) is 0 Å². The van der Waals surface area contributed by atoms with E-state index in [9.17, 15) is 14.4 Å². The summed E-state index contributed by atoms with van der Waals surface area (Å²) in [5, 5.41) is 0.762. The molecule has 2 heterocycles. The Hall–Kier alpha value is -2.70. The molecule has 150 valence electrons. The van der Waals surface area contributed by atoms with Crippen molar-refractivity contribution in [3.63, 3.8) is 0 Å². The molecule has 0 radical (unpaired) electrons. The van der Waals surface area contributed by atoms with E-state index in [-0.39, 0.29) is 5.91 Å². The zero-order valence-corrected chi connectivity index (χ0v) is 17.0. The number of hydrogen-bond acceptors (Lipinski definition) is 3. The highest BCUT2D eigenvalue weighted by molar-refractivity contribution is 6.31. The predicted octanol–water partition coefficient (Wildman–Crippen LogP) is 1.25. The Labute approximate surface area is 174 Å². The molecule has 2 aromatic carbocycles. The summed E-state index contributed by atoms with van der Waals surface area (Å²) in [6.45, 7) is 5.22. The molecule has 1 fully saturated rings. The molecule has 1 N–H and O–H groups in total. The van der Waals surface area contributed by atoms with Gasteiger partial charge in [0, 0.05) is 10.6 Å². The van der Waals surface area contributed by atoms with E-state index in [4.69, 9.17) is 11.6 Å². The molecule has 2 aliphatic rings. The average Bonchev–Trinajstić information content (AvgIpc) is 3.00. The first-order chi connectivity index (χ1) is 14.0. The minimum absolute atomic E-state index is 0.184. The topological polar surface area (TPSA) is 62.1 Å². The van der Waals surface area contributed by atoms with Crippen LogP contribution in [0.25, 0.3) is 0 Å². The lowest BCUT2D eigenvalue weighted by atomic mass is 10.1. The summed E-state index contributed by atoms with van der Waals surface area (Å²) in [5.41, 5.74) is 1.83. The van der Waals surface area contributed by atoms with E-state index in [1.165, 1.54) is 4.90 Å². The summed E-state index contributed by atoms with van der Waals surface area (Å²) >= 11 is 6.26. The number of nitrogens with zero attached hydrogens (tertiary/aromatic N) is 2. The molecule has 3 amide bonds. The second-order valence-corrected chi connectivity index (χ2v) is 7.95. The van der Waals surface area contributed by atoms with Crippen molar-refractivity contribution in [2.24, 2.45) is 0 Å². The number of carbonyl (C=O) groups excluding carboxylic acids is 3. The summed E-state index contributed by atoms with van der Waals surface area (Å²) in [5.74, 6) is -0.972. The van der Waals surface area contributed by atoms with Gasteiger partial charge in [0.2, 0.25) is 5.91 Å². The molecule has 1 saturated heterocycles. The summed E-state index contributed by atoms with van der Waals surface area (Å²) in [4.78, 5) is 42.5. The standard InChI is InChI=1S/C22H22ClN3O3/c1-15(26-21(28)17-7-3-4-8-18(17)22(26)29)20(27)25-12-10-24(11-13-25)14-16-6-2-5-9-19(16)23/h2-9,15H,10-14H2,1H3/p+1/t15-/m1/s1. The van der Waals surface area contributed by atoms with E-state index in [2.05, 4.69) is 0 Å². The smallest absolute Gasteiger partial charge is 0.262 e. The Morgan fingerprint density at radius 1 is 1.00 bits per heavy atom. The van der Waals surface area contributed by atoms with Gasteiger partial charge in [-0.05, 0) is 25.1 Å². The molecule has 7 heteroatoms. The van der Waals surface area contributed by atoms with Crippen LogP contribution in [0.3, 0.4) is 0 Å². The van der Waals surface area contributed by atoms with Crippen LogP contribution in [0.2, 0.25) is 5.02 Å². The van der Waals surface area contributed by atoms with Crippen LogP contribution in [-0.4, -0.2) is 59.7 Å². The predicted molar refractivity (Wildman–Crippen MR) is 109 cm³/mol. The lowest BCUT2D eigenvalue weighted by molar-refractivity contribution is -0.917. The molecule has 29 heavy (non-hydrogen) atoms. The van der Waals surface area contributed by atoms with E-state index in [1.807, 2.05) is 24.3 Å². The number of amides is 3. The van der Waals surface area contributed by atoms with Crippen LogP contribution in [0.15, 0.2) is 48.5 Å². The molecule has 2 aliphatic heterocycles. The zero-order chi connectivity index (χ0) is 20.5. The van der Waals surface area contributed by atoms with Crippen LogP contribution < -0.4 is 4.90 Å². The van der Waals surface area contributed by atoms with Crippen molar-refractivity contribution in [1.82, 2.24) is 9.80 Å². The summed E-state index contributed by atoms with van der Waals surface area (Å²) in [6, 6.07) is 13.7. The number of benzene rings is 2. The zero-order valence-electron chi connectivity index (χ0n) is 16.2. The Kier molecular flexibility index (Phi) is 5.39. The summed E-state index contributed by atoms with van der Waals surface area (Å²) in [7, 11) is 0. The van der Waals surface area contributed by atoms with Crippen LogP contribution in [-0.2, 0) is 11.3 Å². The maximum Gasteiger partial charge on any atom is 0.262 e. The lowest BCUT2D eigenvalue weighted by Gasteiger charge is -2.35. The van der Waals surface area contributed by atoms with E-state index >= 15 is 0 Å². The number of halogens is 1. The third-order valence-corrected chi connectivity index (χ3v) is 6.12. The van der Waals surface area contributed by atoms with Crippen molar-refractivity contribution in [3.8, 4) is 0 Å². The minimum atomic E-state index is -0.812. The molecule has 0 aliphatic carbocycles. The molecule has 0 unspecified atom stereocenters. The van der Waals surface area contributed by atoms with Gasteiger partial charge in [-0.2, -0.15) is 0 Å². The van der Waals surface area contributed by atoms with Gasteiger partial charge in [0.1, 0.15) is 12.6 Å². The van der Waals surface area contributed by atoms with Gasteiger partial charge in [-0.25, -0.2) is 0 Å². The van der Waals surface area contributed by atoms with Crippen molar-refractivity contribution in [2.75, 3.05) is 26.2 Å². The second kappa shape index (κ2) is 7.97. The average molecular weight is 413 g/mol. The molecule has 4 rings (SSSR count). The monoisotopic (exact) mass is 412 g/mol. The fraction of sp³-hybridized carbons (Fsp3) is 0.318. The molecule has 2 aromatic rings. The number of fused-ring (bicyclic) bond motifs is 1. The van der Waals surface area contributed by atoms with E-state index in [0.29, 0.717) is 24.2 Å². The first-order valence-corrected chi connectivity index (χ1v) is 10.2. The molecular weight excluding hydrogens is 390 g/mol. The first kappa shape index (κ1) is 19.6. The first-order valence-electron chi connectivity index (χ1n) is 9.80. The highest BCUT2D eigenvalue weighted by Gasteiger charge is 2.42. The molecule has 1 atom stereocenters. The highest BCUT2D eigenvalue weighted by Crippen LogP contribution is 2.25. The lowest BCUT2D eigenvalue weighted by Crippen LogP contribution is -3.13. The maximum absolute atomic E-state index is 13.0. The number of carbonyl (C=O) groups is 3. The number of nitrogens with one attached hydrogen (secondary N) is 1. The molecule has 6 nitrogen and oxygen atoms in total. The van der Waals surface area contributed by atoms with Crippen molar-refractivity contribution in [1.29, 1.82) is 0 Å². The Balaban J connectivity index is 1.38. The second-order valence-electron chi connectivity index (χ2n) is 7.55. The number of rotatable bonds is 4. The van der Waals surface area contributed by atoms with Crippen molar-refractivity contribution in [2.45, 2.75) is 19.5 Å². The Bertz CT molecular complexity index is 934. The number of piperazine rings is 1. The van der Waals surface area contributed by atoms with Crippen molar-refractivity contribution in [3.05, 3.63) is 70.2 Å². The summed E-state index contributed by atoms with van der Waals surface area (Å²) in [6.07, 6.45) is 0. The SMILES string of the molecule is C[C@H](C(=O)N1CC[NH+](Cc2ccccc2Cl)CC1)N1C(=O)c2ccccc2C1=O. The van der Waals surface area contributed by atoms with Crippen LogP contribution >= 0.6 is 11.6 Å². The third kappa shape index (κ3) is 3.66.